The van der Waals surface area contributed by atoms with Crippen molar-refractivity contribution in [3.63, 3.8) is 0 Å². The molecule has 4 rings (SSSR count). The second-order valence-electron chi connectivity index (χ2n) is 6.80. The van der Waals surface area contributed by atoms with Crippen molar-refractivity contribution in [3.05, 3.63) is 27.0 Å². The Morgan fingerprint density at radius 1 is 1.16 bits per heavy atom. The van der Waals surface area contributed by atoms with Gasteiger partial charge >= 0.3 is 0 Å². The van der Waals surface area contributed by atoms with E-state index in [1.807, 2.05) is 24.0 Å². The van der Waals surface area contributed by atoms with Crippen molar-refractivity contribution in [3.8, 4) is 9.88 Å². The van der Waals surface area contributed by atoms with Gasteiger partial charge in [-0.15, -0.1) is 22.7 Å². The summed E-state index contributed by atoms with van der Waals surface area (Å²) in [5.41, 5.74) is 0.827. The minimum absolute atomic E-state index is 0.134. The summed E-state index contributed by atoms with van der Waals surface area (Å²) in [5, 5.41) is 0.891. The number of thiophene rings is 1. The van der Waals surface area contributed by atoms with Crippen LogP contribution in [0.1, 0.15) is 41.0 Å². The first-order chi connectivity index (χ1) is 12.1. The SMILES string of the molecule is Cc1nc(-c2ccc(Cl)s2)sc1C(=O)N1CCN(C2CCCC2)CC1. The highest BCUT2D eigenvalue weighted by Gasteiger charge is 2.29. The Bertz CT molecular complexity index is 758. The van der Waals surface area contributed by atoms with Gasteiger partial charge in [0.1, 0.15) is 9.88 Å². The summed E-state index contributed by atoms with van der Waals surface area (Å²) in [4.78, 5) is 23.9. The van der Waals surface area contributed by atoms with Crippen LogP contribution in [0.2, 0.25) is 4.34 Å². The third-order valence-electron chi connectivity index (χ3n) is 5.22. The zero-order valence-corrected chi connectivity index (χ0v) is 16.7. The smallest absolute Gasteiger partial charge is 0.265 e. The van der Waals surface area contributed by atoms with Crippen molar-refractivity contribution < 1.29 is 4.79 Å². The molecule has 2 aromatic heterocycles. The van der Waals surface area contributed by atoms with Crippen molar-refractivity contribution in [2.24, 2.45) is 0 Å². The fourth-order valence-electron chi connectivity index (χ4n) is 3.83. The van der Waals surface area contributed by atoms with Crippen molar-refractivity contribution in [1.29, 1.82) is 0 Å². The number of aromatic nitrogens is 1. The lowest BCUT2D eigenvalue weighted by Gasteiger charge is -2.37. The molecule has 0 aromatic carbocycles. The van der Waals surface area contributed by atoms with E-state index in [2.05, 4.69) is 9.88 Å². The molecule has 1 saturated carbocycles. The zero-order chi connectivity index (χ0) is 17.4. The summed E-state index contributed by atoms with van der Waals surface area (Å²) in [7, 11) is 0. The van der Waals surface area contributed by atoms with E-state index in [4.69, 9.17) is 11.6 Å². The molecule has 1 aliphatic heterocycles. The van der Waals surface area contributed by atoms with Gasteiger partial charge in [-0.3, -0.25) is 9.69 Å². The molecule has 2 aromatic rings. The van der Waals surface area contributed by atoms with Gasteiger partial charge in [0, 0.05) is 32.2 Å². The van der Waals surface area contributed by atoms with Gasteiger partial charge in [-0.1, -0.05) is 24.4 Å². The van der Waals surface area contributed by atoms with E-state index in [-0.39, 0.29) is 5.91 Å². The molecule has 4 nitrogen and oxygen atoms in total. The number of amides is 1. The first-order valence-corrected chi connectivity index (χ1v) is 10.9. The van der Waals surface area contributed by atoms with E-state index in [1.54, 1.807) is 0 Å². The molecule has 25 heavy (non-hydrogen) atoms. The van der Waals surface area contributed by atoms with Gasteiger partial charge in [0.15, 0.2) is 0 Å². The summed E-state index contributed by atoms with van der Waals surface area (Å²) < 4.78 is 0.749. The van der Waals surface area contributed by atoms with Gasteiger partial charge in [0.25, 0.3) is 5.91 Å². The predicted molar refractivity (Wildman–Crippen MR) is 105 cm³/mol. The molecule has 0 radical (unpaired) electrons. The lowest BCUT2D eigenvalue weighted by Crippen LogP contribution is -2.51. The van der Waals surface area contributed by atoms with Crippen LogP contribution >= 0.6 is 34.3 Å². The minimum atomic E-state index is 0.134. The van der Waals surface area contributed by atoms with Crippen molar-refractivity contribution >= 4 is 40.2 Å². The van der Waals surface area contributed by atoms with E-state index in [1.165, 1.54) is 48.4 Å². The number of thiazole rings is 1. The van der Waals surface area contributed by atoms with Gasteiger partial charge in [-0.05, 0) is 31.9 Å². The van der Waals surface area contributed by atoms with Crippen LogP contribution in [0.5, 0.6) is 0 Å². The standard InChI is InChI=1S/C18H22ClN3OS2/c1-12-16(25-17(20-12)14-6-7-15(19)24-14)18(23)22-10-8-21(9-11-22)13-4-2-3-5-13/h6-7,13H,2-5,8-11H2,1H3. The van der Waals surface area contributed by atoms with Crippen LogP contribution in [-0.4, -0.2) is 52.9 Å². The summed E-state index contributed by atoms with van der Waals surface area (Å²) in [6.45, 7) is 5.58. The maximum atomic E-state index is 13.0. The maximum absolute atomic E-state index is 13.0. The lowest BCUT2D eigenvalue weighted by molar-refractivity contribution is 0.0577. The molecule has 0 N–H and O–H groups in total. The first kappa shape index (κ1) is 17.5. The van der Waals surface area contributed by atoms with Crippen LogP contribution in [0.15, 0.2) is 12.1 Å². The van der Waals surface area contributed by atoms with E-state index < -0.39 is 0 Å². The molecule has 3 heterocycles. The Labute approximate surface area is 161 Å². The van der Waals surface area contributed by atoms with Crippen LogP contribution in [-0.2, 0) is 0 Å². The summed E-state index contributed by atoms with van der Waals surface area (Å²) >= 11 is 9.02. The number of halogens is 1. The summed E-state index contributed by atoms with van der Waals surface area (Å²) in [6.07, 6.45) is 5.38. The van der Waals surface area contributed by atoms with Gasteiger partial charge in [0.2, 0.25) is 0 Å². The largest absolute Gasteiger partial charge is 0.335 e. The predicted octanol–water partition coefficient (Wildman–Crippen LogP) is 4.53. The molecular weight excluding hydrogens is 374 g/mol. The number of nitrogens with zero attached hydrogens (tertiary/aromatic N) is 3. The molecule has 0 atom stereocenters. The Morgan fingerprint density at radius 2 is 1.88 bits per heavy atom. The Hall–Kier alpha value is -0.950. The molecule has 0 bridgehead atoms. The third-order valence-corrected chi connectivity index (χ3v) is 7.76. The van der Waals surface area contributed by atoms with Gasteiger partial charge in [0.05, 0.1) is 14.9 Å². The second-order valence-corrected chi connectivity index (χ2v) is 9.52. The van der Waals surface area contributed by atoms with Gasteiger partial charge < -0.3 is 4.90 Å². The van der Waals surface area contributed by atoms with E-state index in [9.17, 15) is 4.79 Å². The Morgan fingerprint density at radius 3 is 2.52 bits per heavy atom. The van der Waals surface area contributed by atoms with E-state index in [0.29, 0.717) is 0 Å². The third kappa shape index (κ3) is 3.63. The van der Waals surface area contributed by atoms with Gasteiger partial charge in [-0.25, -0.2) is 4.98 Å². The number of carbonyl (C=O) groups excluding carboxylic acids is 1. The number of rotatable bonds is 3. The maximum Gasteiger partial charge on any atom is 0.265 e. The second kappa shape index (κ2) is 7.35. The molecule has 7 heteroatoms. The number of hydrogen-bond donors (Lipinski definition) is 0. The fraction of sp³-hybridized carbons (Fsp3) is 0.556. The fourth-order valence-corrected chi connectivity index (χ4v) is 5.96. The highest BCUT2D eigenvalue weighted by molar-refractivity contribution is 7.24. The monoisotopic (exact) mass is 395 g/mol. The number of aryl methyl sites for hydroxylation is 1. The molecule has 2 aliphatic rings. The number of carbonyl (C=O) groups is 1. The highest BCUT2D eigenvalue weighted by Crippen LogP contribution is 2.35. The lowest BCUT2D eigenvalue weighted by atomic mass is 10.1. The van der Waals surface area contributed by atoms with Crippen molar-refractivity contribution in [2.45, 2.75) is 38.6 Å². The van der Waals surface area contributed by atoms with Crippen molar-refractivity contribution in [2.75, 3.05) is 26.2 Å². The molecule has 0 spiro atoms. The molecule has 1 amide bonds. The average Bonchev–Trinajstić information content (AvgIpc) is 3.35. The molecule has 1 saturated heterocycles. The van der Waals surface area contributed by atoms with Crippen LogP contribution in [0, 0.1) is 6.92 Å². The minimum Gasteiger partial charge on any atom is -0.335 e. The average molecular weight is 396 g/mol. The van der Waals surface area contributed by atoms with Crippen LogP contribution in [0.25, 0.3) is 9.88 Å². The highest BCUT2D eigenvalue weighted by atomic mass is 35.5. The quantitative estimate of drug-likeness (QED) is 0.765. The summed E-state index contributed by atoms with van der Waals surface area (Å²) in [6, 6.07) is 4.60. The number of hydrogen-bond acceptors (Lipinski definition) is 5. The molecule has 1 aliphatic carbocycles. The van der Waals surface area contributed by atoms with Crippen molar-refractivity contribution in [1.82, 2.24) is 14.8 Å². The van der Waals surface area contributed by atoms with E-state index in [0.717, 1.165) is 57.0 Å². The Balaban J connectivity index is 1.44. The zero-order valence-electron chi connectivity index (χ0n) is 14.3. The number of piperazine rings is 1. The topological polar surface area (TPSA) is 36.4 Å². The molecular formula is C18H22ClN3OS2. The Kier molecular flexibility index (Phi) is 5.13. The summed E-state index contributed by atoms with van der Waals surface area (Å²) in [5.74, 6) is 0.134. The van der Waals surface area contributed by atoms with Crippen LogP contribution in [0.4, 0.5) is 0 Å². The molecule has 134 valence electrons. The molecule has 2 fully saturated rings. The first-order valence-electron chi connectivity index (χ1n) is 8.88. The van der Waals surface area contributed by atoms with Crippen LogP contribution in [0.3, 0.4) is 0 Å². The van der Waals surface area contributed by atoms with E-state index >= 15 is 0 Å². The van der Waals surface area contributed by atoms with Crippen LogP contribution < -0.4 is 0 Å². The molecule has 0 unspecified atom stereocenters. The van der Waals surface area contributed by atoms with Gasteiger partial charge in [-0.2, -0.15) is 0 Å². The normalized spacial score (nSPS) is 19.7.